The zero-order chi connectivity index (χ0) is 17.0. The molecular formula is C16H19FN2O3S. The van der Waals surface area contributed by atoms with Gasteiger partial charge in [-0.1, -0.05) is 0 Å². The molecule has 0 spiro atoms. The summed E-state index contributed by atoms with van der Waals surface area (Å²) in [6, 6.07) is 4.30. The SMILES string of the molecule is COCc1nc(C(=O)N(c2ccc(OC)c(F)c2)C(C)C)cs1. The van der Waals surface area contributed by atoms with Crippen LogP contribution in [0.15, 0.2) is 23.6 Å². The van der Waals surface area contributed by atoms with Gasteiger partial charge in [0.05, 0.1) is 13.7 Å². The topological polar surface area (TPSA) is 51.7 Å². The molecule has 23 heavy (non-hydrogen) atoms. The molecular weight excluding hydrogens is 319 g/mol. The zero-order valence-corrected chi connectivity index (χ0v) is 14.3. The van der Waals surface area contributed by atoms with E-state index in [2.05, 4.69) is 4.98 Å². The molecule has 5 nitrogen and oxygen atoms in total. The molecule has 0 saturated heterocycles. The van der Waals surface area contributed by atoms with Gasteiger partial charge in [0.25, 0.3) is 5.91 Å². The maximum Gasteiger partial charge on any atom is 0.277 e. The van der Waals surface area contributed by atoms with Crippen molar-refractivity contribution in [3.05, 3.63) is 40.1 Å². The van der Waals surface area contributed by atoms with Gasteiger partial charge < -0.3 is 14.4 Å². The van der Waals surface area contributed by atoms with Crippen molar-refractivity contribution in [3.8, 4) is 5.75 Å². The number of rotatable bonds is 6. The van der Waals surface area contributed by atoms with Crippen LogP contribution >= 0.6 is 11.3 Å². The van der Waals surface area contributed by atoms with Crippen LogP contribution in [0, 0.1) is 5.82 Å². The molecule has 124 valence electrons. The van der Waals surface area contributed by atoms with Crippen LogP contribution in [0.5, 0.6) is 5.75 Å². The van der Waals surface area contributed by atoms with Gasteiger partial charge in [0.1, 0.15) is 10.7 Å². The van der Waals surface area contributed by atoms with Crippen LogP contribution in [0.1, 0.15) is 29.3 Å². The number of methoxy groups -OCH3 is 2. The molecule has 0 fully saturated rings. The third kappa shape index (κ3) is 3.86. The predicted octanol–water partition coefficient (Wildman–Crippen LogP) is 3.49. The second-order valence-electron chi connectivity index (χ2n) is 5.15. The summed E-state index contributed by atoms with van der Waals surface area (Å²) in [7, 11) is 2.97. The number of thiazole rings is 1. The van der Waals surface area contributed by atoms with Crippen molar-refractivity contribution in [1.82, 2.24) is 4.98 Å². The van der Waals surface area contributed by atoms with E-state index in [1.807, 2.05) is 13.8 Å². The maximum absolute atomic E-state index is 14.0. The fourth-order valence-corrected chi connectivity index (χ4v) is 2.92. The number of carbonyl (C=O) groups is 1. The van der Waals surface area contributed by atoms with Gasteiger partial charge in [0, 0.05) is 30.3 Å². The highest BCUT2D eigenvalue weighted by Gasteiger charge is 2.24. The second kappa shape index (κ2) is 7.52. The fourth-order valence-electron chi connectivity index (χ4n) is 2.18. The highest BCUT2D eigenvalue weighted by Crippen LogP contribution is 2.26. The summed E-state index contributed by atoms with van der Waals surface area (Å²) in [4.78, 5) is 18.5. The minimum atomic E-state index is -0.512. The lowest BCUT2D eigenvalue weighted by atomic mass is 10.2. The van der Waals surface area contributed by atoms with Gasteiger partial charge in [-0.05, 0) is 26.0 Å². The number of anilines is 1. The summed E-state index contributed by atoms with van der Waals surface area (Å²) in [5.74, 6) is -0.647. The number of ether oxygens (including phenoxy) is 2. The minimum Gasteiger partial charge on any atom is -0.494 e. The van der Waals surface area contributed by atoms with E-state index >= 15 is 0 Å². The van der Waals surface area contributed by atoms with Crippen molar-refractivity contribution < 1.29 is 18.7 Å². The Morgan fingerprint density at radius 3 is 2.70 bits per heavy atom. The Kier molecular flexibility index (Phi) is 5.68. The van der Waals surface area contributed by atoms with Crippen molar-refractivity contribution in [2.45, 2.75) is 26.5 Å². The zero-order valence-electron chi connectivity index (χ0n) is 13.5. The highest BCUT2D eigenvalue weighted by atomic mass is 32.1. The number of aromatic nitrogens is 1. The Labute approximate surface area is 138 Å². The summed E-state index contributed by atoms with van der Waals surface area (Å²) >= 11 is 1.36. The molecule has 0 bridgehead atoms. The van der Waals surface area contributed by atoms with Crippen LogP contribution in [0.2, 0.25) is 0 Å². The van der Waals surface area contributed by atoms with E-state index in [9.17, 15) is 9.18 Å². The molecule has 0 N–H and O–H groups in total. The molecule has 0 atom stereocenters. The largest absolute Gasteiger partial charge is 0.494 e. The van der Waals surface area contributed by atoms with E-state index in [1.54, 1.807) is 18.6 Å². The Hall–Kier alpha value is -1.99. The van der Waals surface area contributed by atoms with Crippen molar-refractivity contribution in [2.24, 2.45) is 0 Å². The lowest BCUT2D eigenvalue weighted by Gasteiger charge is -2.26. The minimum absolute atomic E-state index is 0.140. The van der Waals surface area contributed by atoms with Gasteiger partial charge in [0.15, 0.2) is 11.6 Å². The average Bonchev–Trinajstić information content (AvgIpc) is 2.96. The fraction of sp³-hybridized carbons (Fsp3) is 0.375. The molecule has 0 aliphatic heterocycles. The summed E-state index contributed by atoms with van der Waals surface area (Å²) in [5, 5.41) is 2.41. The summed E-state index contributed by atoms with van der Waals surface area (Å²) in [5.41, 5.74) is 0.788. The Morgan fingerprint density at radius 1 is 1.39 bits per heavy atom. The first kappa shape index (κ1) is 17.4. The van der Waals surface area contributed by atoms with Crippen molar-refractivity contribution in [1.29, 1.82) is 0 Å². The molecule has 0 radical (unpaired) electrons. The van der Waals surface area contributed by atoms with E-state index in [1.165, 1.54) is 35.5 Å². The van der Waals surface area contributed by atoms with Gasteiger partial charge in [-0.25, -0.2) is 9.37 Å². The molecule has 0 aliphatic rings. The first-order valence-corrected chi connectivity index (χ1v) is 7.96. The first-order valence-electron chi connectivity index (χ1n) is 7.08. The molecule has 1 aromatic carbocycles. The molecule has 1 aromatic heterocycles. The molecule has 7 heteroatoms. The quantitative estimate of drug-likeness (QED) is 0.809. The summed E-state index contributed by atoms with van der Waals surface area (Å²) in [6.45, 7) is 4.09. The number of hydrogen-bond donors (Lipinski definition) is 0. The second-order valence-corrected chi connectivity index (χ2v) is 6.09. The van der Waals surface area contributed by atoms with Gasteiger partial charge in [-0.15, -0.1) is 11.3 Å². The van der Waals surface area contributed by atoms with E-state index in [0.29, 0.717) is 18.0 Å². The van der Waals surface area contributed by atoms with E-state index in [4.69, 9.17) is 9.47 Å². The smallest absolute Gasteiger partial charge is 0.277 e. The Bertz CT molecular complexity index is 688. The van der Waals surface area contributed by atoms with Crippen LogP contribution in [0.25, 0.3) is 0 Å². The van der Waals surface area contributed by atoms with Gasteiger partial charge >= 0.3 is 0 Å². The number of hydrogen-bond acceptors (Lipinski definition) is 5. The van der Waals surface area contributed by atoms with Crippen LogP contribution in [-0.2, 0) is 11.3 Å². The number of nitrogens with zero attached hydrogens (tertiary/aromatic N) is 2. The highest BCUT2D eigenvalue weighted by molar-refractivity contribution is 7.09. The van der Waals surface area contributed by atoms with Crippen molar-refractivity contribution in [3.63, 3.8) is 0 Å². The van der Waals surface area contributed by atoms with Gasteiger partial charge in [-0.2, -0.15) is 0 Å². The molecule has 1 amide bonds. The van der Waals surface area contributed by atoms with Gasteiger partial charge in [0.2, 0.25) is 0 Å². The average molecular weight is 338 g/mol. The maximum atomic E-state index is 14.0. The number of benzene rings is 1. The first-order chi connectivity index (χ1) is 11.0. The van der Waals surface area contributed by atoms with E-state index < -0.39 is 5.82 Å². The van der Waals surface area contributed by atoms with Gasteiger partial charge in [-0.3, -0.25) is 4.79 Å². The molecule has 2 aromatic rings. The van der Waals surface area contributed by atoms with Crippen molar-refractivity contribution >= 4 is 22.9 Å². The number of amides is 1. The predicted molar refractivity (Wildman–Crippen MR) is 87.7 cm³/mol. The van der Waals surface area contributed by atoms with Crippen LogP contribution in [0.4, 0.5) is 10.1 Å². The monoisotopic (exact) mass is 338 g/mol. The van der Waals surface area contributed by atoms with E-state index in [0.717, 1.165) is 5.01 Å². The third-order valence-electron chi connectivity index (χ3n) is 3.19. The number of carbonyl (C=O) groups excluding carboxylic acids is 1. The van der Waals surface area contributed by atoms with Crippen LogP contribution < -0.4 is 9.64 Å². The normalized spacial score (nSPS) is 10.9. The molecule has 0 aliphatic carbocycles. The number of halogens is 1. The Morgan fingerprint density at radius 2 is 2.13 bits per heavy atom. The van der Waals surface area contributed by atoms with Crippen LogP contribution in [0.3, 0.4) is 0 Å². The molecule has 0 unspecified atom stereocenters. The third-order valence-corrected chi connectivity index (χ3v) is 4.01. The molecule has 2 rings (SSSR count). The van der Waals surface area contributed by atoms with Crippen molar-refractivity contribution in [2.75, 3.05) is 19.1 Å². The van der Waals surface area contributed by atoms with Crippen LogP contribution in [-0.4, -0.2) is 31.2 Å². The lowest BCUT2D eigenvalue weighted by Crippen LogP contribution is -2.37. The Balaban J connectivity index is 2.33. The summed E-state index contributed by atoms with van der Waals surface area (Å²) in [6.07, 6.45) is 0. The molecule has 1 heterocycles. The summed E-state index contributed by atoms with van der Waals surface area (Å²) < 4.78 is 23.9. The standard InChI is InChI=1S/C16H19FN2O3S/c1-10(2)19(11-5-6-14(22-4)12(17)7-11)16(20)13-9-23-15(18-13)8-21-3/h5-7,9-10H,8H2,1-4H3. The lowest BCUT2D eigenvalue weighted by molar-refractivity contribution is 0.0975. The molecule has 0 saturated carbocycles. The van der Waals surface area contributed by atoms with E-state index in [-0.39, 0.29) is 17.7 Å².